The highest BCUT2D eigenvalue weighted by Gasteiger charge is 2.39. The molecule has 1 rings (SSSR count). The molecule has 0 amide bonds. The fourth-order valence-electron chi connectivity index (χ4n) is 1.14. The number of nitrogens with zero attached hydrogens (tertiary/aromatic N) is 1. The molecule has 0 N–H and O–H groups in total. The van der Waals surface area contributed by atoms with Gasteiger partial charge in [-0.3, -0.25) is 4.79 Å². The van der Waals surface area contributed by atoms with Gasteiger partial charge in [0.05, 0.1) is 7.11 Å². The summed E-state index contributed by atoms with van der Waals surface area (Å²) in [6.45, 7) is 0. The quantitative estimate of drug-likeness (QED) is 0.634. The summed E-state index contributed by atoms with van der Waals surface area (Å²) >= 11 is 0. The van der Waals surface area contributed by atoms with Crippen molar-refractivity contribution in [3.63, 3.8) is 0 Å². The van der Waals surface area contributed by atoms with E-state index in [0.717, 1.165) is 7.11 Å². The number of carbonyl (C=O) groups excluding carboxylic acids is 1. The first-order chi connectivity index (χ1) is 8.58. The van der Waals surface area contributed by atoms with Crippen LogP contribution in [-0.2, 0) is 6.18 Å². The number of halogens is 6. The average Bonchev–Trinajstić information content (AvgIpc) is 2.25. The van der Waals surface area contributed by atoms with E-state index in [1.165, 1.54) is 0 Å². The minimum Gasteiger partial charge on any atom is -0.491 e. The minimum atomic E-state index is -5.24. The van der Waals surface area contributed by atoms with Gasteiger partial charge in [0.25, 0.3) is 5.88 Å². The molecule has 106 valence electrons. The molecule has 0 spiro atoms. The maximum atomic E-state index is 12.5. The number of methoxy groups -OCH3 is 1. The fraction of sp³-hybridized carbons (Fsp3) is 0.333. The predicted octanol–water partition coefficient (Wildman–Crippen LogP) is 2.82. The molecule has 1 aromatic rings. The number of hydrogen-bond donors (Lipinski definition) is 0. The fourth-order valence-corrected chi connectivity index (χ4v) is 1.14. The Morgan fingerprint density at radius 1 is 1.21 bits per heavy atom. The number of carbonyl (C=O) groups is 1. The largest absolute Gasteiger partial charge is 0.574 e. The normalized spacial score (nSPS) is 12.2. The molecule has 0 fully saturated rings. The molecule has 0 aliphatic heterocycles. The Morgan fingerprint density at radius 3 is 2.16 bits per heavy atom. The van der Waals surface area contributed by atoms with Crippen LogP contribution in [0, 0.1) is 0 Å². The number of pyridine rings is 1. The molecule has 0 unspecified atom stereocenters. The topological polar surface area (TPSA) is 48.4 Å². The highest BCUT2D eigenvalue weighted by atomic mass is 19.4. The smallest absolute Gasteiger partial charge is 0.491 e. The van der Waals surface area contributed by atoms with Crippen LogP contribution in [0.2, 0.25) is 0 Å². The van der Waals surface area contributed by atoms with Crippen LogP contribution in [0.5, 0.6) is 11.6 Å². The second kappa shape index (κ2) is 4.94. The van der Waals surface area contributed by atoms with Gasteiger partial charge in [-0.1, -0.05) is 0 Å². The van der Waals surface area contributed by atoms with Gasteiger partial charge in [-0.05, 0) is 6.07 Å². The zero-order chi connectivity index (χ0) is 14.8. The molecular weight excluding hydrogens is 284 g/mol. The Bertz CT molecular complexity index is 482. The van der Waals surface area contributed by atoms with E-state index < -0.39 is 35.4 Å². The summed E-state index contributed by atoms with van der Waals surface area (Å²) in [6, 6.07) is 0.462. The first-order valence-electron chi connectivity index (χ1n) is 4.45. The summed E-state index contributed by atoms with van der Waals surface area (Å²) < 4.78 is 81.1. The predicted molar refractivity (Wildman–Crippen MR) is 47.9 cm³/mol. The Hall–Kier alpha value is -2.00. The third kappa shape index (κ3) is 3.73. The lowest BCUT2D eigenvalue weighted by atomic mass is 10.2. The van der Waals surface area contributed by atoms with Crippen molar-refractivity contribution < 1.29 is 40.6 Å². The van der Waals surface area contributed by atoms with E-state index in [9.17, 15) is 31.1 Å². The zero-order valence-corrected chi connectivity index (χ0v) is 9.09. The van der Waals surface area contributed by atoms with Crippen molar-refractivity contribution in [3.05, 3.63) is 17.3 Å². The Balaban J connectivity index is 3.42. The van der Waals surface area contributed by atoms with Crippen molar-refractivity contribution in [2.75, 3.05) is 7.11 Å². The molecule has 0 aliphatic carbocycles. The molecule has 0 radical (unpaired) electrons. The summed E-state index contributed by atoms with van der Waals surface area (Å²) in [5.41, 5.74) is -2.75. The molecule has 0 saturated carbocycles. The van der Waals surface area contributed by atoms with Crippen LogP contribution in [0.1, 0.15) is 16.1 Å². The van der Waals surface area contributed by atoms with Gasteiger partial charge in [-0.25, -0.2) is 4.98 Å². The molecule has 1 aromatic heterocycles. The SMILES string of the molecule is COc1cc(C=O)c(C(F)(F)F)nc1OC(F)(F)F. The summed E-state index contributed by atoms with van der Waals surface area (Å²) in [5, 5.41) is 0. The number of aldehydes is 1. The van der Waals surface area contributed by atoms with E-state index in [1.807, 2.05) is 0 Å². The highest BCUT2D eigenvalue weighted by molar-refractivity contribution is 5.78. The Labute approximate surface area is 101 Å². The van der Waals surface area contributed by atoms with Gasteiger partial charge in [0, 0.05) is 5.56 Å². The van der Waals surface area contributed by atoms with Crippen LogP contribution in [0.3, 0.4) is 0 Å². The van der Waals surface area contributed by atoms with Gasteiger partial charge in [-0.2, -0.15) is 13.2 Å². The van der Waals surface area contributed by atoms with Crippen molar-refractivity contribution in [1.29, 1.82) is 0 Å². The van der Waals surface area contributed by atoms with E-state index in [1.54, 1.807) is 0 Å². The minimum absolute atomic E-state index is 0.199. The summed E-state index contributed by atoms with van der Waals surface area (Å²) in [7, 11) is 0.891. The molecule has 0 aromatic carbocycles. The van der Waals surface area contributed by atoms with E-state index >= 15 is 0 Å². The lowest BCUT2D eigenvalue weighted by Gasteiger charge is -2.15. The molecule has 10 heteroatoms. The second-order valence-corrected chi connectivity index (χ2v) is 3.10. The molecule has 1 heterocycles. The zero-order valence-electron chi connectivity index (χ0n) is 9.09. The first-order valence-corrected chi connectivity index (χ1v) is 4.45. The lowest BCUT2D eigenvalue weighted by Crippen LogP contribution is -2.20. The van der Waals surface area contributed by atoms with E-state index in [0.29, 0.717) is 6.07 Å². The van der Waals surface area contributed by atoms with Crippen LogP contribution in [-0.4, -0.2) is 24.7 Å². The Kier molecular flexibility index (Phi) is 3.91. The highest BCUT2D eigenvalue weighted by Crippen LogP contribution is 2.37. The van der Waals surface area contributed by atoms with Crippen LogP contribution < -0.4 is 9.47 Å². The summed E-state index contributed by atoms with van der Waals surface area (Å²) in [5.74, 6) is -2.17. The first kappa shape index (κ1) is 15.1. The molecule has 19 heavy (non-hydrogen) atoms. The Morgan fingerprint density at radius 2 is 1.79 bits per heavy atom. The van der Waals surface area contributed by atoms with Crippen molar-refractivity contribution >= 4 is 6.29 Å². The number of rotatable bonds is 3. The van der Waals surface area contributed by atoms with Gasteiger partial charge in [0.15, 0.2) is 17.7 Å². The molecule has 0 saturated heterocycles. The summed E-state index contributed by atoms with van der Waals surface area (Å²) in [4.78, 5) is 13.1. The molecule has 4 nitrogen and oxygen atoms in total. The molecule has 0 bridgehead atoms. The van der Waals surface area contributed by atoms with Gasteiger partial charge >= 0.3 is 12.5 Å². The van der Waals surface area contributed by atoms with Crippen molar-refractivity contribution in [2.45, 2.75) is 12.5 Å². The van der Waals surface area contributed by atoms with Gasteiger partial charge in [0.2, 0.25) is 0 Å². The number of ether oxygens (including phenoxy) is 2. The van der Waals surface area contributed by atoms with E-state index in [4.69, 9.17) is 0 Å². The van der Waals surface area contributed by atoms with Crippen LogP contribution in [0.25, 0.3) is 0 Å². The van der Waals surface area contributed by atoms with E-state index in [-0.39, 0.29) is 6.29 Å². The molecule has 0 aliphatic rings. The van der Waals surface area contributed by atoms with Crippen LogP contribution in [0.4, 0.5) is 26.3 Å². The van der Waals surface area contributed by atoms with E-state index in [2.05, 4.69) is 14.5 Å². The van der Waals surface area contributed by atoms with Crippen LogP contribution >= 0.6 is 0 Å². The average molecular weight is 289 g/mol. The van der Waals surface area contributed by atoms with Gasteiger partial charge in [0.1, 0.15) is 0 Å². The maximum Gasteiger partial charge on any atom is 0.574 e. The van der Waals surface area contributed by atoms with Crippen molar-refractivity contribution in [3.8, 4) is 11.6 Å². The maximum absolute atomic E-state index is 12.5. The lowest BCUT2D eigenvalue weighted by molar-refractivity contribution is -0.276. The second-order valence-electron chi connectivity index (χ2n) is 3.10. The monoisotopic (exact) mass is 289 g/mol. The van der Waals surface area contributed by atoms with Crippen LogP contribution in [0.15, 0.2) is 6.07 Å². The number of alkyl halides is 6. The standard InChI is InChI=1S/C9H5F6NO3/c1-18-5-2-4(3-17)6(8(10,11)12)16-7(5)19-9(13,14)15/h2-3H,1H3. The third-order valence-electron chi connectivity index (χ3n) is 1.81. The molecule has 0 atom stereocenters. The number of hydrogen-bond acceptors (Lipinski definition) is 4. The third-order valence-corrected chi connectivity index (χ3v) is 1.81. The van der Waals surface area contributed by atoms with Crippen molar-refractivity contribution in [1.82, 2.24) is 4.98 Å². The van der Waals surface area contributed by atoms with Gasteiger partial charge in [-0.15, -0.1) is 13.2 Å². The summed E-state index contributed by atoms with van der Waals surface area (Å²) in [6.07, 6.45) is -10.5. The number of aromatic nitrogens is 1. The molecular formula is C9H5F6NO3. The van der Waals surface area contributed by atoms with Crippen molar-refractivity contribution in [2.24, 2.45) is 0 Å². The van der Waals surface area contributed by atoms with Gasteiger partial charge < -0.3 is 9.47 Å².